The predicted molar refractivity (Wildman–Crippen MR) is 134 cm³/mol. The molecule has 1 heterocycles. The zero-order valence-corrected chi connectivity index (χ0v) is 22.8. The van der Waals surface area contributed by atoms with Gasteiger partial charge in [-0.3, -0.25) is 4.79 Å². The zero-order valence-electron chi connectivity index (χ0n) is 22.8. The third kappa shape index (κ3) is 3.16. The van der Waals surface area contributed by atoms with Crippen LogP contribution in [0.15, 0.2) is 11.6 Å². The minimum Gasteiger partial charge on any atom is -0.390 e. The Morgan fingerprint density at radius 2 is 1.74 bits per heavy atom. The van der Waals surface area contributed by atoms with E-state index in [0.29, 0.717) is 30.1 Å². The Labute approximate surface area is 206 Å². The lowest BCUT2D eigenvalue weighted by atomic mass is 9.41. The van der Waals surface area contributed by atoms with Gasteiger partial charge in [-0.05, 0) is 98.7 Å². The van der Waals surface area contributed by atoms with Crippen molar-refractivity contribution in [3.8, 4) is 0 Å². The molecule has 0 aromatic carbocycles. The molecule has 0 amide bonds. The quantitative estimate of drug-likeness (QED) is 0.407. The summed E-state index contributed by atoms with van der Waals surface area (Å²) in [4.78, 5) is 12.9. The van der Waals surface area contributed by atoms with E-state index in [4.69, 9.17) is 4.74 Å². The van der Waals surface area contributed by atoms with E-state index in [1.54, 1.807) is 5.57 Å². The molecule has 3 saturated carbocycles. The molecule has 4 fully saturated rings. The summed E-state index contributed by atoms with van der Waals surface area (Å²) < 4.78 is 5.74. The van der Waals surface area contributed by atoms with Crippen LogP contribution in [0.1, 0.15) is 100 Å². The molecule has 1 aliphatic heterocycles. The summed E-state index contributed by atoms with van der Waals surface area (Å²) in [6.07, 6.45) is 8.43. The van der Waals surface area contributed by atoms with Crippen LogP contribution in [0.4, 0.5) is 0 Å². The van der Waals surface area contributed by atoms with Crippen LogP contribution < -0.4 is 0 Å². The molecule has 1 unspecified atom stereocenters. The minimum absolute atomic E-state index is 0.0204. The van der Waals surface area contributed by atoms with Crippen LogP contribution in [0.2, 0.25) is 0 Å². The van der Waals surface area contributed by atoms with Crippen LogP contribution in [-0.2, 0) is 9.53 Å². The van der Waals surface area contributed by atoms with E-state index in [1.807, 2.05) is 0 Å². The topological polar surface area (TPSA) is 70.1 Å². The van der Waals surface area contributed by atoms with E-state index >= 15 is 0 Å². The second-order valence-corrected chi connectivity index (χ2v) is 14.7. The van der Waals surface area contributed by atoms with Crippen molar-refractivity contribution in [3.05, 3.63) is 11.6 Å². The van der Waals surface area contributed by atoms with Gasteiger partial charge in [0.25, 0.3) is 0 Å². The van der Waals surface area contributed by atoms with Gasteiger partial charge in [0.1, 0.15) is 12.2 Å². The van der Waals surface area contributed by atoms with Gasteiger partial charge in [-0.15, -0.1) is 0 Å². The van der Waals surface area contributed by atoms with Gasteiger partial charge in [0, 0.05) is 5.41 Å². The number of carbonyl (C=O) groups excluding carboxylic acids is 1. The highest BCUT2D eigenvalue weighted by Gasteiger charge is 2.66. The maximum Gasteiger partial charge on any atom is 0.167 e. The molecule has 0 bridgehead atoms. The third-order valence-corrected chi connectivity index (χ3v) is 12.3. The lowest BCUT2D eigenvalue weighted by Crippen LogP contribution is -2.60. The standard InChI is InChI=1S/C30H48O4/c1-17(15-21(31)25-27(4,5)34-25)18-11-13-30(8)20-9-10-23-26(2,3)24(33)22(32)16-28(23,6)19(20)12-14-29(18,30)7/h9,17-19,21-23,25,31-32H,10-16H2,1-8H3/t17-,18-,19+,21-,22-,23?,25+,28-,29+,30-/m1/s1. The zero-order chi connectivity index (χ0) is 25.1. The summed E-state index contributed by atoms with van der Waals surface area (Å²) in [7, 11) is 0. The highest BCUT2D eigenvalue weighted by molar-refractivity contribution is 5.89. The van der Waals surface area contributed by atoms with Crippen molar-refractivity contribution in [1.82, 2.24) is 0 Å². The van der Waals surface area contributed by atoms with Gasteiger partial charge in [0.05, 0.1) is 11.7 Å². The van der Waals surface area contributed by atoms with Crippen molar-refractivity contribution < 1.29 is 19.7 Å². The van der Waals surface area contributed by atoms with Gasteiger partial charge < -0.3 is 14.9 Å². The Balaban J connectivity index is 1.42. The lowest BCUT2D eigenvalue weighted by Gasteiger charge is -2.63. The van der Waals surface area contributed by atoms with Crippen LogP contribution in [0.5, 0.6) is 0 Å². The first-order valence-electron chi connectivity index (χ1n) is 13.9. The van der Waals surface area contributed by atoms with E-state index in [1.165, 1.54) is 19.3 Å². The van der Waals surface area contributed by atoms with E-state index in [9.17, 15) is 15.0 Å². The molecule has 4 aliphatic carbocycles. The maximum absolute atomic E-state index is 12.9. The molecular weight excluding hydrogens is 424 g/mol. The van der Waals surface area contributed by atoms with Crippen molar-refractivity contribution in [2.45, 2.75) is 124 Å². The second-order valence-electron chi connectivity index (χ2n) is 14.7. The van der Waals surface area contributed by atoms with Crippen LogP contribution in [0.3, 0.4) is 0 Å². The van der Waals surface area contributed by atoms with Gasteiger partial charge >= 0.3 is 0 Å². The first-order valence-corrected chi connectivity index (χ1v) is 13.9. The van der Waals surface area contributed by atoms with Crippen molar-refractivity contribution >= 4 is 5.78 Å². The number of ether oxygens (including phenoxy) is 1. The van der Waals surface area contributed by atoms with Crippen molar-refractivity contribution in [2.75, 3.05) is 0 Å². The first kappa shape index (κ1) is 25.0. The SMILES string of the molecule is C[C@H](C[C@@H](O)[C@@H]1OC1(C)C)[C@H]1CC[C@]2(C)C3=CCC4C(C)(C)C(=O)[C@H](O)C[C@]4(C)[C@H]3CC[C@@]12C. The molecule has 4 nitrogen and oxygen atoms in total. The first-order chi connectivity index (χ1) is 15.6. The highest BCUT2D eigenvalue weighted by Crippen LogP contribution is 2.73. The van der Waals surface area contributed by atoms with Gasteiger partial charge in [-0.25, -0.2) is 0 Å². The average molecular weight is 473 g/mol. The Bertz CT molecular complexity index is 903. The number of fused-ring (bicyclic) bond motifs is 5. The fourth-order valence-corrected chi connectivity index (χ4v) is 10.1. The van der Waals surface area contributed by atoms with E-state index in [-0.39, 0.29) is 39.8 Å². The molecule has 5 aliphatic rings. The predicted octanol–water partition coefficient (Wildman–Crippen LogP) is 5.70. The summed E-state index contributed by atoms with van der Waals surface area (Å²) in [6.45, 7) is 18.0. The molecule has 0 spiro atoms. The number of hydrogen-bond donors (Lipinski definition) is 2. The summed E-state index contributed by atoms with van der Waals surface area (Å²) in [5.74, 6) is 1.84. The number of Topliss-reactive ketones (excluding diaryl/α,β-unsaturated/α-hetero) is 1. The Kier molecular flexibility index (Phi) is 5.44. The molecule has 34 heavy (non-hydrogen) atoms. The smallest absolute Gasteiger partial charge is 0.167 e. The number of carbonyl (C=O) groups is 1. The van der Waals surface area contributed by atoms with Crippen molar-refractivity contribution in [3.63, 3.8) is 0 Å². The highest BCUT2D eigenvalue weighted by atomic mass is 16.6. The van der Waals surface area contributed by atoms with Gasteiger partial charge in [-0.1, -0.05) is 53.2 Å². The fourth-order valence-electron chi connectivity index (χ4n) is 10.1. The monoisotopic (exact) mass is 472 g/mol. The van der Waals surface area contributed by atoms with Crippen LogP contribution in [-0.4, -0.2) is 39.9 Å². The molecular formula is C30H48O4. The van der Waals surface area contributed by atoms with Gasteiger partial charge in [0.2, 0.25) is 0 Å². The average Bonchev–Trinajstić information content (AvgIpc) is 3.27. The second kappa shape index (κ2) is 7.42. The molecule has 10 atom stereocenters. The van der Waals surface area contributed by atoms with Crippen LogP contribution in [0.25, 0.3) is 0 Å². The van der Waals surface area contributed by atoms with Crippen LogP contribution in [0, 0.1) is 45.3 Å². The summed E-state index contributed by atoms with van der Waals surface area (Å²) >= 11 is 0. The van der Waals surface area contributed by atoms with E-state index in [0.717, 1.165) is 19.3 Å². The molecule has 5 rings (SSSR count). The van der Waals surface area contributed by atoms with E-state index < -0.39 is 11.5 Å². The van der Waals surface area contributed by atoms with Crippen LogP contribution >= 0.6 is 0 Å². The van der Waals surface area contributed by atoms with Crippen molar-refractivity contribution in [2.24, 2.45) is 45.3 Å². The minimum atomic E-state index is -0.830. The van der Waals surface area contributed by atoms with Gasteiger partial charge in [0.15, 0.2) is 5.78 Å². The molecule has 0 aromatic rings. The molecule has 2 N–H and O–H groups in total. The number of aliphatic hydroxyl groups excluding tert-OH is 2. The fraction of sp³-hybridized carbons (Fsp3) is 0.900. The van der Waals surface area contributed by atoms with Crippen molar-refractivity contribution in [1.29, 1.82) is 0 Å². The molecule has 1 saturated heterocycles. The number of hydrogen-bond acceptors (Lipinski definition) is 4. The Hall–Kier alpha value is -0.710. The van der Waals surface area contributed by atoms with Gasteiger partial charge in [-0.2, -0.15) is 0 Å². The normalized spacial score (nSPS) is 50.5. The Morgan fingerprint density at radius 3 is 2.35 bits per heavy atom. The lowest BCUT2D eigenvalue weighted by molar-refractivity contribution is -0.162. The number of allylic oxidation sites excluding steroid dienone is 2. The Morgan fingerprint density at radius 1 is 1.09 bits per heavy atom. The molecule has 4 heteroatoms. The van der Waals surface area contributed by atoms with E-state index in [2.05, 4.69) is 61.5 Å². The molecule has 192 valence electrons. The number of rotatable bonds is 4. The summed E-state index contributed by atoms with van der Waals surface area (Å²) in [5.41, 5.74) is 1.32. The number of epoxide rings is 1. The third-order valence-electron chi connectivity index (χ3n) is 12.3. The summed E-state index contributed by atoms with van der Waals surface area (Å²) in [5, 5.41) is 21.7. The maximum atomic E-state index is 12.9. The molecule has 0 radical (unpaired) electrons. The molecule has 0 aromatic heterocycles. The largest absolute Gasteiger partial charge is 0.390 e. The summed E-state index contributed by atoms with van der Waals surface area (Å²) in [6, 6.07) is 0. The number of aliphatic hydroxyl groups is 2. The number of ketones is 1.